The van der Waals surface area contributed by atoms with Gasteiger partial charge in [0.15, 0.2) is 9.50 Å². The van der Waals surface area contributed by atoms with Crippen molar-refractivity contribution in [1.29, 1.82) is 0 Å². The molecule has 1 atom stereocenters. The third-order valence-electron chi connectivity index (χ3n) is 3.01. The van der Waals surface area contributed by atoms with E-state index in [1.807, 2.05) is 0 Å². The Morgan fingerprint density at radius 3 is 3.00 bits per heavy atom. The molecule has 23 heavy (non-hydrogen) atoms. The molecular weight excluding hydrogens is 351 g/mol. The summed E-state index contributed by atoms with van der Waals surface area (Å²) in [6.07, 6.45) is -1.19. The van der Waals surface area contributed by atoms with Crippen LogP contribution in [0.15, 0.2) is 21.8 Å². The minimum absolute atomic E-state index is 0.0124. The molecule has 1 aliphatic rings. The van der Waals surface area contributed by atoms with Gasteiger partial charge in [-0.15, -0.1) is 10.2 Å². The summed E-state index contributed by atoms with van der Waals surface area (Å²) in [6, 6.07) is 0.832. The molecule has 0 radical (unpaired) electrons. The van der Waals surface area contributed by atoms with Crippen molar-refractivity contribution in [2.75, 3.05) is 18.5 Å². The Kier molecular flexibility index (Phi) is 4.97. The monoisotopic (exact) mass is 363 g/mol. The fraction of sp³-hybridized carbons (Fsp3) is 0.500. The van der Waals surface area contributed by atoms with Crippen LogP contribution in [0.4, 0.5) is 18.3 Å². The molecule has 1 N–H and O–H groups in total. The predicted octanol–water partition coefficient (Wildman–Crippen LogP) is 3.09. The molecule has 2 aromatic rings. The van der Waals surface area contributed by atoms with Crippen molar-refractivity contribution >= 4 is 28.2 Å². The third kappa shape index (κ3) is 4.52. The molecule has 0 amide bonds. The van der Waals surface area contributed by atoms with Crippen molar-refractivity contribution < 1.29 is 17.9 Å². The summed E-state index contributed by atoms with van der Waals surface area (Å²) < 4.78 is 43.8. The van der Waals surface area contributed by atoms with Gasteiger partial charge in [0.2, 0.25) is 5.13 Å². The number of nitrogens with zero attached hydrogens (tertiary/aromatic N) is 4. The topological polar surface area (TPSA) is 72.8 Å². The van der Waals surface area contributed by atoms with Crippen LogP contribution in [0.2, 0.25) is 0 Å². The Labute approximate surface area is 137 Å². The summed E-state index contributed by atoms with van der Waals surface area (Å²) in [7, 11) is 0. The van der Waals surface area contributed by atoms with E-state index in [2.05, 4.69) is 25.5 Å². The fourth-order valence-corrected chi connectivity index (χ4v) is 3.56. The molecule has 3 rings (SSSR count). The second-order valence-corrected chi connectivity index (χ2v) is 6.91. The van der Waals surface area contributed by atoms with Crippen LogP contribution < -0.4 is 5.32 Å². The molecule has 1 saturated heterocycles. The Bertz CT molecular complexity index is 660. The first-order valence-corrected chi connectivity index (χ1v) is 8.41. The van der Waals surface area contributed by atoms with Gasteiger partial charge in [0, 0.05) is 19.3 Å². The van der Waals surface area contributed by atoms with Gasteiger partial charge in [0.05, 0.1) is 6.10 Å². The Morgan fingerprint density at radius 1 is 1.39 bits per heavy atom. The molecule has 0 aliphatic carbocycles. The van der Waals surface area contributed by atoms with Crippen molar-refractivity contribution in [1.82, 2.24) is 20.2 Å². The van der Waals surface area contributed by atoms with Gasteiger partial charge in [-0.3, -0.25) is 0 Å². The van der Waals surface area contributed by atoms with E-state index >= 15 is 0 Å². The first-order valence-electron chi connectivity index (χ1n) is 6.78. The predicted molar refractivity (Wildman–Crippen MR) is 78.5 cm³/mol. The molecule has 3 heterocycles. The number of nitrogens with one attached hydrogen (secondary N) is 1. The van der Waals surface area contributed by atoms with E-state index in [1.54, 1.807) is 0 Å². The van der Waals surface area contributed by atoms with Crippen LogP contribution in [0.25, 0.3) is 0 Å². The zero-order valence-corrected chi connectivity index (χ0v) is 13.3. The molecule has 0 bridgehead atoms. The van der Waals surface area contributed by atoms with Crippen LogP contribution in [0.5, 0.6) is 0 Å². The Morgan fingerprint density at radius 2 is 2.26 bits per heavy atom. The highest BCUT2D eigenvalue weighted by atomic mass is 32.2. The highest BCUT2D eigenvalue weighted by Crippen LogP contribution is 2.32. The normalized spacial score (nSPS) is 18.3. The number of aromatic nitrogens is 4. The maximum Gasteiger partial charge on any atom is 0.433 e. The van der Waals surface area contributed by atoms with Crippen LogP contribution in [-0.4, -0.2) is 39.4 Å². The summed E-state index contributed by atoms with van der Waals surface area (Å²) in [5, 5.41) is 11.6. The highest BCUT2D eigenvalue weighted by molar-refractivity contribution is 8.00. The van der Waals surface area contributed by atoms with Crippen molar-refractivity contribution in [3.05, 3.63) is 18.0 Å². The lowest BCUT2D eigenvalue weighted by atomic mass is 10.2. The second kappa shape index (κ2) is 6.97. The smallest absolute Gasteiger partial charge is 0.376 e. The largest absolute Gasteiger partial charge is 0.433 e. The fourth-order valence-electron chi connectivity index (χ4n) is 1.95. The van der Waals surface area contributed by atoms with Crippen molar-refractivity contribution in [3.8, 4) is 0 Å². The summed E-state index contributed by atoms with van der Waals surface area (Å²) in [5.74, 6) is 0. The molecule has 1 fully saturated rings. The number of anilines is 1. The van der Waals surface area contributed by atoms with E-state index in [9.17, 15) is 13.2 Å². The first kappa shape index (κ1) is 16.4. The molecule has 124 valence electrons. The van der Waals surface area contributed by atoms with Crippen LogP contribution in [0.3, 0.4) is 0 Å². The number of hydrogen-bond acceptors (Lipinski definition) is 8. The SMILES string of the molecule is FC(F)(F)c1ccnc(Sc2nnc(NCC3CCCO3)s2)n1. The van der Waals surface area contributed by atoms with E-state index in [1.165, 1.54) is 11.3 Å². The van der Waals surface area contributed by atoms with Crippen molar-refractivity contribution in [3.63, 3.8) is 0 Å². The minimum Gasteiger partial charge on any atom is -0.376 e. The van der Waals surface area contributed by atoms with E-state index in [-0.39, 0.29) is 11.3 Å². The number of ether oxygens (including phenoxy) is 1. The second-order valence-electron chi connectivity index (χ2n) is 4.71. The van der Waals surface area contributed by atoms with Gasteiger partial charge in [-0.25, -0.2) is 9.97 Å². The summed E-state index contributed by atoms with van der Waals surface area (Å²) in [4.78, 5) is 7.30. The first-order chi connectivity index (χ1) is 11.0. The molecule has 1 unspecified atom stereocenters. The molecule has 0 saturated carbocycles. The summed E-state index contributed by atoms with van der Waals surface area (Å²) in [6.45, 7) is 1.41. The Balaban J connectivity index is 1.60. The maximum atomic E-state index is 12.6. The van der Waals surface area contributed by atoms with Crippen LogP contribution in [0, 0.1) is 0 Å². The molecular formula is C12H12F3N5OS2. The quantitative estimate of drug-likeness (QED) is 0.819. The van der Waals surface area contributed by atoms with E-state index < -0.39 is 11.9 Å². The molecule has 1 aliphatic heterocycles. The van der Waals surface area contributed by atoms with E-state index in [0.717, 1.165) is 43.5 Å². The standard InChI is InChI=1S/C12H12F3N5OS2/c13-12(14,15)8-3-4-16-9(18-8)22-11-20-19-10(23-11)17-6-7-2-1-5-21-7/h3-4,7H,1-2,5-6H2,(H,17,19). The van der Waals surface area contributed by atoms with Crippen LogP contribution in [0.1, 0.15) is 18.5 Å². The highest BCUT2D eigenvalue weighted by Gasteiger charge is 2.32. The zero-order valence-electron chi connectivity index (χ0n) is 11.7. The number of hydrogen-bond donors (Lipinski definition) is 1. The minimum atomic E-state index is -4.49. The van der Waals surface area contributed by atoms with Crippen molar-refractivity contribution in [2.45, 2.75) is 34.6 Å². The summed E-state index contributed by atoms with van der Waals surface area (Å²) in [5.41, 5.74) is -0.976. The maximum absolute atomic E-state index is 12.6. The van der Waals surface area contributed by atoms with Gasteiger partial charge < -0.3 is 10.1 Å². The number of halogens is 3. The molecule has 0 spiro atoms. The molecule has 2 aromatic heterocycles. The van der Waals surface area contributed by atoms with Gasteiger partial charge in [-0.2, -0.15) is 13.2 Å². The van der Waals surface area contributed by atoms with Gasteiger partial charge in [0.1, 0.15) is 5.69 Å². The average Bonchev–Trinajstić information content (AvgIpc) is 3.16. The Hall–Kier alpha value is -1.46. The third-order valence-corrected chi connectivity index (χ3v) is 4.83. The molecule has 0 aromatic carbocycles. The van der Waals surface area contributed by atoms with Crippen LogP contribution in [-0.2, 0) is 10.9 Å². The molecule has 11 heteroatoms. The average molecular weight is 363 g/mol. The lowest BCUT2D eigenvalue weighted by Crippen LogP contribution is -2.18. The van der Waals surface area contributed by atoms with Gasteiger partial charge >= 0.3 is 6.18 Å². The number of rotatable bonds is 5. The molecule has 6 nitrogen and oxygen atoms in total. The van der Waals surface area contributed by atoms with Gasteiger partial charge in [-0.1, -0.05) is 11.3 Å². The van der Waals surface area contributed by atoms with E-state index in [4.69, 9.17) is 4.74 Å². The summed E-state index contributed by atoms with van der Waals surface area (Å²) >= 11 is 2.19. The zero-order chi connectivity index (χ0) is 16.3. The lowest BCUT2D eigenvalue weighted by Gasteiger charge is -2.08. The van der Waals surface area contributed by atoms with Crippen molar-refractivity contribution in [2.24, 2.45) is 0 Å². The van der Waals surface area contributed by atoms with Gasteiger partial charge in [0.25, 0.3) is 0 Å². The van der Waals surface area contributed by atoms with Crippen LogP contribution >= 0.6 is 23.1 Å². The number of alkyl halides is 3. The van der Waals surface area contributed by atoms with E-state index in [0.29, 0.717) is 16.0 Å². The van der Waals surface area contributed by atoms with Gasteiger partial charge in [-0.05, 0) is 30.7 Å². The lowest BCUT2D eigenvalue weighted by molar-refractivity contribution is -0.141.